The fraction of sp³-hybridized carbons (Fsp3) is 0.522. The normalized spacial score (nSPS) is 20.4. The molecule has 2 saturated carbocycles. The Kier molecular flexibility index (Phi) is 8.33. The Hall–Kier alpha value is -2.29. The van der Waals surface area contributed by atoms with E-state index in [4.69, 9.17) is 28.5 Å². The molecule has 7 nitrogen and oxygen atoms in total. The van der Waals surface area contributed by atoms with Gasteiger partial charge in [0.25, 0.3) is 0 Å². The number of carbonyl (C=O) groups excluding carboxylic acids is 1. The van der Waals surface area contributed by atoms with Crippen LogP contribution in [-0.2, 0) is 21.2 Å². The van der Waals surface area contributed by atoms with E-state index in [9.17, 15) is 26.4 Å². The molecule has 0 saturated heterocycles. The van der Waals surface area contributed by atoms with Gasteiger partial charge in [-0.15, -0.1) is 23.2 Å². The fourth-order valence-electron chi connectivity index (χ4n) is 3.80. The molecule has 2 aliphatic carbocycles. The maximum Gasteiger partial charge on any atom is 0.408 e. The van der Waals surface area contributed by atoms with Crippen LogP contribution in [0.2, 0.25) is 0 Å². The first-order valence-corrected chi connectivity index (χ1v) is 13.8. The number of rotatable bonds is 5. The second-order valence-corrected chi connectivity index (χ2v) is 12.8. The maximum atomic E-state index is 12.2. The molecule has 196 valence electrons. The lowest BCUT2D eigenvalue weighted by molar-refractivity contribution is -0.142. The van der Waals surface area contributed by atoms with Crippen LogP contribution in [0.25, 0.3) is 11.1 Å². The number of aromatic nitrogens is 2. The summed E-state index contributed by atoms with van der Waals surface area (Å²) in [6.07, 6.45) is 3.76. The number of nitriles is 1. The molecule has 13 heteroatoms. The van der Waals surface area contributed by atoms with Crippen molar-refractivity contribution in [2.24, 2.45) is 5.92 Å². The van der Waals surface area contributed by atoms with Crippen LogP contribution in [-0.4, -0.2) is 46.4 Å². The van der Waals surface area contributed by atoms with Crippen LogP contribution in [0.5, 0.6) is 0 Å². The van der Waals surface area contributed by atoms with Gasteiger partial charge in [0.15, 0.2) is 9.84 Å². The molecule has 1 aromatic heterocycles. The van der Waals surface area contributed by atoms with Crippen LogP contribution in [0, 0.1) is 17.2 Å². The smallest absolute Gasteiger partial charge is 0.338 e. The van der Waals surface area contributed by atoms with Gasteiger partial charge in [0.05, 0.1) is 17.2 Å². The van der Waals surface area contributed by atoms with Crippen molar-refractivity contribution in [1.82, 2.24) is 15.1 Å². The van der Waals surface area contributed by atoms with Gasteiger partial charge in [-0.2, -0.15) is 23.5 Å². The van der Waals surface area contributed by atoms with Crippen molar-refractivity contribution >= 4 is 38.9 Å². The van der Waals surface area contributed by atoms with Crippen molar-refractivity contribution in [2.45, 2.75) is 66.0 Å². The number of sulfone groups is 1. The first-order chi connectivity index (χ1) is 16.6. The van der Waals surface area contributed by atoms with E-state index >= 15 is 0 Å². The summed E-state index contributed by atoms with van der Waals surface area (Å²) in [5.74, 6) is -0.209. The summed E-state index contributed by atoms with van der Waals surface area (Å²) in [6, 6.07) is 8.03. The molecule has 1 aromatic carbocycles. The molecule has 4 rings (SSSR count). The Balaban J connectivity index is 0.000000205. The minimum atomic E-state index is -4.33. The van der Waals surface area contributed by atoms with E-state index in [1.165, 1.54) is 36.7 Å². The molecule has 0 unspecified atom stereocenters. The van der Waals surface area contributed by atoms with Crippen molar-refractivity contribution in [2.75, 3.05) is 6.26 Å². The van der Waals surface area contributed by atoms with Gasteiger partial charge in [-0.3, -0.25) is 9.48 Å². The highest BCUT2D eigenvalue weighted by molar-refractivity contribution is 7.90. The number of nitrogens with zero attached hydrogens (tertiary/aromatic N) is 3. The molecular formula is C23H25Cl2F3N4O3S. The van der Waals surface area contributed by atoms with E-state index in [1.807, 2.05) is 0 Å². The number of nitrogens with one attached hydrogen (secondary N) is 1. The largest absolute Gasteiger partial charge is 0.408 e. The number of halogens is 5. The van der Waals surface area contributed by atoms with Crippen molar-refractivity contribution in [3.63, 3.8) is 0 Å². The molecule has 0 bridgehead atoms. The SMILES string of the molecule is CS(=O)(=O)c1ccc(-c2cnn(CC(F)(F)F)c2)cc1.N#CC1(NC(=O)[C@H]2CCCC(Cl)(Cl)C2)CC1. The lowest BCUT2D eigenvalue weighted by Gasteiger charge is -2.30. The van der Waals surface area contributed by atoms with E-state index in [1.54, 1.807) is 0 Å². The van der Waals surface area contributed by atoms with Gasteiger partial charge in [-0.1, -0.05) is 12.1 Å². The minimum Gasteiger partial charge on any atom is -0.338 e. The molecule has 1 N–H and O–H groups in total. The molecule has 2 aromatic rings. The summed E-state index contributed by atoms with van der Waals surface area (Å²) >= 11 is 12.1. The lowest BCUT2D eigenvalue weighted by Crippen LogP contribution is -2.42. The molecule has 2 aliphatic rings. The average Bonchev–Trinajstić information content (AvgIpc) is 3.40. The summed E-state index contributed by atoms with van der Waals surface area (Å²) < 4.78 is 59.2. The molecular weight excluding hydrogens is 540 g/mol. The van der Waals surface area contributed by atoms with Gasteiger partial charge in [0, 0.05) is 23.9 Å². The second kappa shape index (κ2) is 10.6. The third kappa shape index (κ3) is 8.11. The number of amides is 1. The van der Waals surface area contributed by atoms with Gasteiger partial charge in [0.2, 0.25) is 5.91 Å². The van der Waals surface area contributed by atoms with E-state index in [0.29, 0.717) is 17.5 Å². The molecule has 0 spiro atoms. The number of alkyl halides is 5. The van der Waals surface area contributed by atoms with E-state index in [0.717, 1.165) is 43.0 Å². The lowest BCUT2D eigenvalue weighted by atomic mass is 9.87. The Bertz CT molecular complexity index is 1230. The predicted molar refractivity (Wildman–Crippen MR) is 129 cm³/mol. The zero-order chi connectivity index (χ0) is 26.8. The van der Waals surface area contributed by atoms with Crippen molar-refractivity contribution in [3.05, 3.63) is 36.7 Å². The van der Waals surface area contributed by atoms with Gasteiger partial charge in [-0.25, -0.2) is 8.42 Å². The van der Waals surface area contributed by atoms with Gasteiger partial charge < -0.3 is 5.32 Å². The van der Waals surface area contributed by atoms with Crippen LogP contribution >= 0.6 is 23.2 Å². The Morgan fingerprint density at radius 3 is 2.36 bits per heavy atom. The highest BCUT2D eigenvalue weighted by atomic mass is 35.5. The van der Waals surface area contributed by atoms with Crippen LogP contribution in [0.1, 0.15) is 38.5 Å². The van der Waals surface area contributed by atoms with Crippen molar-refractivity contribution < 1.29 is 26.4 Å². The van der Waals surface area contributed by atoms with Crippen molar-refractivity contribution in [1.29, 1.82) is 5.26 Å². The standard InChI is InChI=1S/C12H11F3N2O2S.C11H14Cl2N2O/c1-20(18,19)11-4-2-9(3-5-11)10-6-16-17(7-10)8-12(13,14)15;12-11(13)3-1-2-8(6-11)9(16)15-10(7-14)4-5-10/h2-7H,8H2,1H3;8H,1-6H2,(H,15,16)/t;8-/m.0/s1. The minimum absolute atomic E-state index is 0.0653. The first kappa shape index (κ1) is 28.3. The van der Waals surface area contributed by atoms with Crippen LogP contribution in [0.15, 0.2) is 41.6 Å². The third-order valence-electron chi connectivity index (χ3n) is 5.93. The highest BCUT2D eigenvalue weighted by Gasteiger charge is 2.46. The Morgan fingerprint density at radius 1 is 1.22 bits per heavy atom. The van der Waals surface area contributed by atoms with Gasteiger partial charge >= 0.3 is 6.18 Å². The summed E-state index contributed by atoms with van der Waals surface area (Å²) in [7, 11) is -3.29. The summed E-state index contributed by atoms with van der Waals surface area (Å²) in [5, 5.41) is 15.3. The van der Waals surface area contributed by atoms with Crippen LogP contribution < -0.4 is 5.32 Å². The van der Waals surface area contributed by atoms with E-state index in [2.05, 4.69) is 16.5 Å². The molecule has 36 heavy (non-hydrogen) atoms. The molecule has 1 atom stereocenters. The quantitative estimate of drug-likeness (QED) is 0.512. The number of hydrogen-bond acceptors (Lipinski definition) is 5. The molecule has 1 amide bonds. The molecule has 0 radical (unpaired) electrons. The van der Waals surface area contributed by atoms with Crippen LogP contribution in [0.4, 0.5) is 13.2 Å². The highest BCUT2D eigenvalue weighted by Crippen LogP contribution is 2.42. The predicted octanol–water partition coefficient (Wildman–Crippen LogP) is 5.04. The number of benzene rings is 1. The summed E-state index contributed by atoms with van der Waals surface area (Å²) in [5.41, 5.74) is 0.510. The topological polar surface area (TPSA) is 105 Å². The maximum absolute atomic E-state index is 12.2. The van der Waals surface area contributed by atoms with Gasteiger partial charge in [0.1, 0.15) is 16.4 Å². The Labute approximate surface area is 217 Å². The number of carbonyl (C=O) groups is 1. The average molecular weight is 565 g/mol. The molecule has 1 heterocycles. The molecule has 0 aliphatic heterocycles. The Morgan fingerprint density at radius 2 is 1.86 bits per heavy atom. The summed E-state index contributed by atoms with van der Waals surface area (Å²) in [4.78, 5) is 12.1. The second-order valence-electron chi connectivity index (χ2n) is 9.17. The van der Waals surface area contributed by atoms with E-state index in [-0.39, 0.29) is 16.7 Å². The van der Waals surface area contributed by atoms with Crippen LogP contribution in [0.3, 0.4) is 0 Å². The monoisotopic (exact) mass is 564 g/mol. The van der Waals surface area contributed by atoms with Crippen molar-refractivity contribution in [3.8, 4) is 17.2 Å². The molecule has 2 fully saturated rings. The van der Waals surface area contributed by atoms with Gasteiger partial charge in [-0.05, 0) is 56.2 Å². The third-order valence-corrected chi connectivity index (χ3v) is 7.74. The fourth-order valence-corrected chi connectivity index (χ4v) is 5.07. The zero-order valence-corrected chi connectivity index (χ0v) is 21.7. The zero-order valence-electron chi connectivity index (χ0n) is 19.4. The first-order valence-electron chi connectivity index (χ1n) is 11.1. The van der Waals surface area contributed by atoms with E-state index < -0.39 is 32.4 Å². The summed E-state index contributed by atoms with van der Waals surface area (Å²) in [6.45, 7) is -1.16. The number of hydrogen-bond donors (Lipinski definition) is 1.